The number of hydrogen-bond acceptors (Lipinski definition) is 6. The van der Waals surface area contributed by atoms with E-state index in [2.05, 4.69) is 142 Å². The second-order valence-electron chi connectivity index (χ2n) is 18.8. The van der Waals surface area contributed by atoms with Gasteiger partial charge in [0.15, 0.2) is 6.10 Å². The van der Waals surface area contributed by atoms with Crippen molar-refractivity contribution >= 4 is 17.9 Å². The molecule has 0 aliphatic heterocycles. The molecule has 0 bridgehead atoms. The Kier molecular flexibility index (Phi) is 54.9. The standard InChI is InChI=1S/C65H106O6/c1-4-7-10-13-15-17-19-21-23-25-27-29-31-32-34-35-37-39-41-43-45-47-49-52-55-58-64(67)70-61-62(60-69-63(66)57-54-51-12-9-6-3)71-65(68)59-56-53-50-48-46-44-42-40-38-36-33-30-28-26-24-22-20-18-16-14-11-8-5-2/h7,10,15,17,20-23,26-29,32-34,36-37,39,43,45,62H,4-6,8-9,11-14,16,18-19,24-25,30-31,35,38,40-42,44,46-61H2,1-3H3/b10-7-,17-15-,22-20-,23-21-,28-26-,29-27-,34-32-,36-33-,39-37-,45-43-. The molecule has 402 valence electrons. The van der Waals surface area contributed by atoms with Gasteiger partial charge < -0.3 is 14.2 Å². The first-order valence-electron chi connectivity index (χ1n) is 29.0. The molecule has 0 rings (SSSR count). The van der Waals surface area contributed by atoms with Crippen molar-refractivity contribution in [1.82, 2.24) is 0 Å². The van der Waals surface area contributed by atoms with Crippen LogP contribution in [0.4, 0.5) is 0 Å². The molecule has 0 N–H and O–H groups in total. The third kappa shape index (κ3) is 56.6. The van der Waals surface area contributed by atoms with Crippen LogP contribution in [0.2, 0.25) is 0 Å². The van der Waals surface area contributed by atoms with E-state index in [-0.39, 0.29) is 31.1 Å². The lowest BCUT2D eigenvalue weighted by molar-refractivity contribution is -0.167. The van der Waals surface area contributed by atoms with Crippen LogP contribution in [0.1, 0.15) is 252 Å². The van der Waals surface area contributed by atoms with E-state index in [1.807, 2.05) is 0 Å². The van der Waals surface area contributed by atoms with Crippen molar-refractivity contribution in [2.45, 2.75) is 258 Å². The maximum absolute atomic E-state index is 12.8. The third-order valence-electron chi connectivity index (χ3n) is 12.0. The highest BCUT2D eigenvalue weighted by Crippen LogP contribution is 2.14. The third-order valence-corrected chi connectivity index (χ3v) is 12.0. The molecule has 0 saturated heterocycles. The van der Waals surface area contributed by atoms with Crippen LogP contribution in [-0.4, -0.2) is 37.2 Å². The minimum absolute atomic E-state index is 0.0955. The van der Waals surface area contributed by atoms with E-state index in [4.69, 9.17) is 14.2 Å². The minimum atomic E-state index is -0.796. The molecule has 0 aromatic carbocycles. The predicted molar refractivity (Wildman–Crippen MR) is 306 cm³/mol. The number of allylic oxidation sites excluding steroid dienone is 20. The Balaban J connectivity index is 4.22. The predicted octanol–water partition coefficient (Wildman–Crippen LogP) is 19.6. The van der Waals surface area contributed by atoms with Gasteiger partial charge in [-0.2, -0.15) is 0 Å². The average molecular weight is 984 g/mol. The van der Waals surface area contributed by atoms with E-state index in [0.717, 1.165) is 141 Å². The molecule has 0 spiro atoms. The van der Waals surface area contributed by atoms with Crippen molar-refractivity contribution in [3.8, 4) is 0 Å². The quantitative estimate of drug-likeness (QED) is 0.0261. The number of rotatable bonds is 51. The van der Waals surface area contributed by atoms with Crippen LogP contribution in [0.25, 0.3) is 0 Å². The summed E-state index contributed by atoms with van der Waals surface area (Å²) in [6, 6.07) is 0. The van der Waals surface area contributed by atoms with E-state index < -0.39 is 6.10 Å². The van der Waals surface area contributed by atoms with Crippen molar-refractivity contribution in [2.75, 3.05) is 13.2 Å². The number of hydrogen-bond donors (Lipinski definition) is 0. The molecule has 6 heteroatoms. The van der Waals surface area contributed by atoms with Gasteiger partial charge in [0.25, 0.3) is 0 Å². The summed E-state index contributed by atoms with van der Waals surface area (Å²) in [6.45, 7) is 6.39. The van der Waals surface area contributed by atoms with Gasteiger partial charge in [0.2, 0.25) is 0 Å². The molecule has 6 nitrogen and oxygen atoms in total. The Bertz CT molecular complexity index is 1500. The summed E-state index contributed by atoms with van der Waals surface area (Å²) in [7, 11) is 0. The van der Waals surface area contributed by atoms with Crippen molar-refractivity contribution in [2.24, 2.45) is 0 Å². The van der Waals surface area contributed by atoms with Gasteiger partial charge in [-0.3, -0.25) is 14.4 Å². The molecule has 0 saturated carbocycles. The molecule has 0 aromatic rings. The van der Waals surface area contributed by atoms with Crippen LogP contribution in [-0.2, 0) is 28.6 Å². The Labute approximate surface area is 437 Å². The van der Waals surface area contributed by atoms with E-state index >= 15 is 0 Å². The fourth-order valence-electron chi connectivity index (χ4n) is 7.60. The lowest BCUT2D eigenvalue weighted by Crippen LogP contribution is -2.30. The molecule has 0 fully saturated rings. The van der Waals surface area contributed by atoms with Crippen LogP contribution in [0, 0.1) is 0 Å². The van der Waals surface area contributed by atoms with Gasteiger partial charge in [-0.1, -0.05) is 239 Å². The molecular formula is C65H106O6. The lowest BCUT2D eigenvalue weighted by atomic mass is 10.1. The average Bonchev–Trinajstić information content (AvgIpc) is 3.37. The Hall–Kier alpha value is -4.19. The molecule has 0 aromatic heterocycles. The van der Waals surface area contributed by atoms with E-state index in [1.165, 1.54) is 70.6 Å². The van der Waals surface area contributed by atoms with Gasteiger partial charge in [-0.15, -0.1) is 0 Å². The Morgan fingerprint density at radius 1 is 0.296 bits per heavy atom. The first kappa shape index (κ1) is 66.8. The molecule has 0 heterocycles. The molecule has 0 radical (unpaired) electrons. The smallest absolute Gasteiger partial charge is 0.306 e. The summed E-state index contributed by atoms with van der Waals surface area (Å²) in [5.74, 6) is -0.954. The minimum Gasteiger partial charge on any atom is -0.462 e. The maximum Gasteiger partial charge on any atom is 0.306 e. The molecule has 1 atom stereocenters. The monoisotopic (exact) mass is 983 g/mol. The molecule has 0 aliphatic carbocycles. The first-order chi connectivity index (χ1) is 35.0. The number of carbonyl (C=O) groups excluding carboxylic acids is 3. The zero-order valence-corrected chi connectivity index (χ0v) is 45.9. The van der Waals surface area contributed by atoms with Gasteiger partial charge in [0.1, 0.15) is 13.2 Å². The van der Waals surface area contributed by atoms with Gasteiger partial charge in [-0.25, -0.2) is 0 Å². The van der Waals surface area contributed by atoms with Gasteiger partial charge >= 0.3 is 17.9 Å². The van der Waals surface area contributed by atoms with Crippen molar-refractivity contribution in [3.05, 3.63) is 122 Å². The van der Waals surface area contributed by atoms with E-state index in [9.17, 15) is 14.4 Å². The van der Waals surface area contributed by atoms with Crippen LogP contribution >= 0.6 is 0 Å². The van der Waals surface area contributed by atoms with Gasteiger partial charge in [-0.05, 0) is 116 Å². The fourth-order valence-corrected chi connectivity index (χ4v) is 7.60. The van der Waals surface area contributed by atoms with Crippen LogP contribution in [0.5, 0.6) is 0 Å². The van der Waals surface area contributed by atoms with Crippen molar-refractivity contribution in [3.63, 3.8) is 0 Å². The number of esters is 3. The highest BCUT2D eigenvalue weighted by molar-refractivity contribution is 5.71. The van der Waals surface area contributed by atoms with Crippen LogP contribution in [0.15, 0.2) is 122 Å². The number of ether oxygens (including phenoxy) is 3. The summed E-state index contributed by atoms with van der Waals surface area (Å²) < 4.78 is 16.7. The lowest BCUT2D eigenvalue weighted by Gasteiger charge is -2.18. The Morgan fingerprint density at radius 2 is 0.549 bits per heavy atom. The maximum atomic E-state index is 12.8. The summed E-state index contributed by atoms with van der Waals surface area (Å²) in [5.41, 5.74) is 0. The molecule has 0 amide bonds. The molecule has 71 heavy (non-hydrogen) atoms. The topological polar surface area (TPSA) is 78.9 Å². The summed E-state index contributed by atoms with van der Waals surface area (Å²) in [6.07, 6.45) is 80.9. The second-order valence-corrected chi connectivity index (χ2v) is 18.8. The van der Waals surface area contributed by atoms with Crippen molar-refractivity contribution < 1.29 is 28.6 Å². The van der Waals surface area contributed by atoms with Gasteiger partial charge in [0, 0.05) is 19.3 Å². The largest absolute Gasteiger partial charge is 0.462 e. The molecule has 1 unspecified atom stereocenters. The van der Waals surface area contributed by atoms with Crippen molar-refractivity contribution in [1.29, 1.82) is 0 Å². The fraction of sp³-hybridized carbons (Fsp3) is 0.646. The number of carbonyl (C=O) groups is 3. The summed E-state index contributed by atoms with van der Waals surface area (Å²) in [5, 5.41) is 0. The highest BCUT2D eigenvalue weighted by atomic mass is 16.6. The molecular weight excluding hydrogens is 877 g/mol. The zero-order chi connectivity index (χ0) is 51.4. The number of unbranched alkanes of at least 4 members (excludes halogenated alkanes) is 20. The first-order valence-corrected chi connectivity index (χ1v) is 29.0. The normalized spacial score (nSPS) is 13.0. The van der Waals surface area contributed by atoms with Crippen LogP contribution < -0.4 is 0 Å². The zero-order valence-electron chi connectivity index (χ0n) is 45.9. The summed E-state index contributed by atoms with van der Waals surface area (Å²) in [4.78, 5) is 37.8. The van der Waals surface area contributed by atoms with E-state index in [0.29, 0.717) is 19.3 Å². The SMILES string of the molecule is CC/C=C\C/C=C\C/C=C\C/C=C\C/C=C\C/C=C\C/C=C\CCCCCC(=O)OCC(COC(=O)CCCCCCC)OC(=O)CCCCCCCCCC/C=C\C/C=C\C/C=C\CCCCCCC. The Morgan fingerprint density at radius 3 is 0.873 bits per heavy atom. The van der Waals surface area contributed by atoms with E-state index in [1.54, 1.807) is 0 Å². The van der Waals surface area contributed by atoms with Crippen LogP contribution in [0.3, 0.4) is 0 Å². The summed E-state index contributed by atoms with van der Waals surface area (Å²) >= 11 is 0. The highest BCUT2D eigenvalue weighted by Gasteiger charge is 2.19. The van der Waals surface area contributed by atoms with Gasteiger partial charge in [0.05, 0.1) is 0 Å². The molecule has 0 aliphatic rings. The second kappa shape index (κ2) is 58.4.